The molecule has 0 fully saturated rings. The number of aliphatic hydroxyl groups excluding tert-OH is 2. The van der Waals surface area contributed by atoms with Gasteiger partial charge in [-0.05, 0) is 18.2 Å². The van der Waals surface area contributed by atoms with Crippen LogP contribution < -0.4 is 14.8 Å². The minimum atomic E-state index is -0.712. The Balaban J connectivity index is 1.92. The van der Waals surface area contributed by atoms with Gasteiger partial charge in [0.25, 0.3) is 5.91 Å². The molecule has 8 heteroatoms. The zero-order valence-corrected chi connectivity index (χ0v) is 12.7. The van der Waals surface area contributed by atoms with Crippen LogP contribution in [0.5, 0.6) is 11.5 Å². The number of H-pyrrole nitrogens is 1. The van der Waals surface area contributed by atoms with Crippen LogP contribution in [0.4, 0.5) is 0 Å². The first kappa shape index (κ1) is 16.8. The Morgan fingerprint density at radius 2 is 2.04 bits per heavy atom. The molecule has 0 spiro atoms. The normalized spacial score (nSPS) is 10.6. The van der Waals surface area contributed by atoms with Gasteiger partial charge < -0.3 is 25.0 Å². The molecule has 0 aliphatic heterocycles. The fourth-order valence-electron chi connectivity index (χ4n) is 1.81. The van der Waals surface area contributed by atoms with Crippen molar-refractivity contribution in [2.45, 2.75) is 12.6 Å². The zero-order chi connectivity index (χ0) is 16.7. The van der Waals surface area contributed by atoms with Crippen molar-refractivity contribution in [1.82, 2.24) is 15.5 Å². The van der Waals surface area contributed by atoms with Crippen LogP contribution >= 0.6 is 0 Å². The van der Waals surface area contributed by atoms with Gasteiger partial charge in [-0.15, -0.1) is 0 Å². The van der Waals surface area contributed by atoms with E-state index in [9.17, 15) is 4.79 Å². The fourth-order valence-corrected chi connectivity index (χ4v) is 1.81. The molecule has 124 valence electrons. The maximum atomic E-state index is 11.9. The SMILES string of the molecule is COc1cccc(OCc2cc(C(=O)NC(CO)CO)n[nH]2)c1. The molecule has 1 aromatic carbocycles. The Hall–Kier alpha value is -2.58. The van der Waals surface area contributed by atoms with Gasteiger partial charge in [-0.2, -0.15) is 5.10 Å². The maximum Gasteiger partial charge on any atom is 0.272 e. The second kappa shape index (κ2) is 8.16. The summed E-state index contributed by atoms with van der Waals surface area (Å²) in [6, 6.07) is 7.99. The van der Waals surface area contributed by atoms with Crippen molar-refractivity contribution in [3.63, 3.8) is 0 Å². The van der Waals surface area contributed by atoms with Crippen molar-refractivity contribution >= 4 is 5.91 Å². The van der Waals surface area contributed by atoms with Crippen molar-refractivity contribution in [3.05, 3.63) is 41.7 Å². The van der Waals surface area contributed by atoms with Crippen LogP contribution in [-0.2, 0) is 6.61 Å². The van der Waals surface area contributed by atoms with Crippen LogP contribution in [-0.4, -0.2) is 52.7 Å². The van der Waals surface area contributed by atoms with E-state index in [1.165, 1.54) is 0 Å². The van der Waals surface area contributed by atoms with E-state index >= 15 is 0 Å². The van der Waals surface area contributed by atoms with Crippen molar-refractivity contribution in [1.29, 1.82) is 0 Å². The van der Waals surface area contributed by atoms with Crippen molar-refractivity contribution in [2.75, 3.05) is 20.3 Å². The standard InChI is InChI=1S/C15H19N3O5/c1-22-12-3-2-4-13(6-12)23-9-10-5-14(18-17-10)15(21)16-11(7-19)8-20/h2-6,11,19-20H,7-9H2,1H3,(H,16,21)(H,17,18). The van der Waals surface area contributed by atoms with E-state index in [1.54, 1.807) is 25.3 Å². The van der Waals surface area contributed by atoms with E-state index in [2.05, 4.69) is 15.5 Å². The Bertz CT molecular complexity index is 640. The molecule has 0 aliphatic rings. The summed E-state index contributed by atoms with van der Waals surface area (Å²) in [7, 11) is 1.57. The Morgan fingerprint density at radius 1 is 1.30 bits per heavy atom. The van der Waals surface area contributed by atoms with Crippen molar-refractivity contribution < 1.29 is 24.5 Å². The van der Waals surface area contributed by atoms with Crippen LogP contribution in [0.1, 0.15) is 16.2 Å². The number of nitrogens with one attached hydrogen (secondary N) is 2. The van der Waals surface area contributed by atoms with Crippen LogP contribution in [0.2, 0.25) is 0 Å². The highest BCUT2D eigenvalue weighted by molar-refractivity contribution is 5.92. The first-order chi connectivity index (χ1) is 11.2. The molecule has 4 N–H and O–H groups in total. The molecule has 23 heavy (non-hydrogen) atoms. The summed E-state index contributed by atoms with van der Waals surface area (Å²) in [5.41, 5.74) is 0.767. The summed E-state index contributed by atoms with van der Waals surface area (Å²) in [5, 5.41) is 26.9. The molecule has 1 amide bonds. The van der Waals surface area contributed by atoms with Gasteiger partial charge in [0, 0.05) is 6.07 Å². The van der Waals surface area contributed by atoms with Gasteiger partial charge in [-0.3, -0.25) is 9.89 Å². The Kier molecular flexibility index (Phi) is 5.95. The van der Waals surface area contributed by atoms with Crippen molar-refractivity contribution in [2.24, 2.45) is 0 Å². The number of carbonyl (C=O) groups excluding carboxylic acids is 1. The number of aliphatic hydroxyl groups is 2. The lowest BCUT2D eigenvalue weighted by atomic mass is 10.3. The van der Waals surface area contributed by atoms with Gasteiger partial charge in [-0.25, -0.2) is 0 Å². The third kappa shape index (κ3) is 4.70. The number of nitrogens with zero attached hydrogens (tertiary/aromatic N) is 1. The highest BCUT2D eigenvalue weighted by Crippen LogP contribution is 2.19. The number of benzene rings is 1. The molecule has 0 unspecified atom stereocenters. The molecule has 2 rings (SSSR count). The molecule has 0 atom stereocenters. The molecule has 0 saturated heterocycles. The predicted molar refractivity (Wildman–Crippen MR) is 81.3 cm³/mol. The highest BCUT2D eigenvalue weighted by atomic mass is 16.5. The number of hydrogen-bond acceptors (Lipinski definition) is 6. The zero-order valence-electron chi connectivity index (χ0n) is 12.7. The average Bonchev–Trinajstić information content (AvgIpc) is 3.07. The van der Waals surface area contributed by atoms with E-state index < -0.39 is 11.9 Å². The summed E-state index contributed by atoms with van der Waals surface area (Å²) in [6.07, 6.45) is 0. The maximum absolute atomic E-state index is 11.9. The predicted octanol–water partition coefficient (Wildman–Crippen LogP) is 0.0803. The van der Waals surface area contributed by atoms with Crippen LogP contribution in [0, 0.1) is 0 Å². The third-order valence-electron chi connectivity index (χ3n) is 3.08. The number of aromatic amines is 1. The van der Waals surface area contributed by atoms with Gasteiger partial charge in [-0.1, -0.05) is 6.07 Å². The molecule has 0 bridgehead atoms. The van der Waals surface area contributed by atoms with E-state index in [1.807, 2.05) is 12.1 Å². The lowest BCUT2D eigenvalue weighted by molar-refractivity contribution is 0.0874. The molecule has 0 saturated carbocycles. The second-order valence-electron chi connectivity index (χ2n) is 4.78. The van der Waals surface area contributed by atoms with Gasteiger partial charge in [0.15, 0.2) is 0 Å². The number of hydrogen-bond donors (Lipinski definition) is 4. The van der Waals surface area contributed by atoms with Crippen molar-refractivity contribution in [3.8, 4) is 11.5 Å². The largest absolute Gasteiger partial charge is 0.497 e. The molecule has 0 radical (unpaired) electrons. The fraction of sp³-hybridized carbons (Fsp3) is 0.333. The summed E-state index contributed by atoms with van der Waals surface area (Å²) < 4.78 is 10.7. The van der Waals surface area contributed by atoms with E-state index in [0.717, 1.165) is 0 Å². The first-order valence-corrected chi connectivity index (χ1v) is 7.00. The summed E-state index contributed by atoms with van der Waals surface area (Å²) in [6.45, 7) is -0.492. The summed E-state index contributed by atoms with van der Waals surface area (Å²) >= 11 is 0. The van der Waals surface area contributed by atoms with Gasteiger partial charge in [0.1, 0.15) is 23.8 Å². The van der Waals surface area contributed by atoms with Gasteiger partial charge in [0.05, 0.1) is 32.1 Å². The molecular formula is C15H19N3O5. The lowest BCUT2D eigenvalue weighted by Gasteiger charge is -2.11. The average molecular weight is 321 g/mol. The molecule has 1 aromatic heterocycles. The van der Waals surface area contributed by atoms with Gasteiger partial charge in [0.2, 0.25) is 0 Å². The highest BCUT2D eigenvalue weighted by Gasteiger charge is 2.15. The molecule has 8 nitrogen and oxygen atoms in total. The molecule has 2 aromatic rings. The second-order valence-corrected chi connectivity index (χ2v) is 4.78. The first-order valence-electron chi connectivity index (χ1n) is 7.00. The number of ether oxygens (including phenoxy) is 2. The van der Waals surface area contributed by atoms with Crippen LogP contribution in [0.15, 0.2) is 30.3 Å². The number of rotatable bonds is 8. The third-order valence-corrected chi connectivity index (χ3v) is 3.08. The smallest absolute Gasteiger partial charge is 0.272 e. The number of methoxy groups -OCH3 is 1. The molecule has 0 aliphatic carbocycles. The molecule has 1 heterocycles. The minimum Gasteiger partial charge on any atom is -0.497 e. The molecular weight excluding hydrogens is 302 g/mol. The van der Waals surface area contributed by atoms with Gasteiger partial charge >= 0.3 is 0 Å². The summed E-state index contributed by atoms with van der Waals surface area (Å²) in [5.74, 6) is 0.832. The Labute approximate surface area is 133 Å². The quantitative estimate of drug-likeness (QED) is 0.547. The lowest BCUT2D eigenvalue weighted by Crippen LogP contribution is -2.40. The van der Waals surface area contributed by atoms with E-state index in [0.29, 0.717) is 17.2 Å². The van der Waals surface area contributed by atoms with E-state index in [-0.39, 0.29) is 25.5 Å². The topological polar surface area (TPSA) is 117 Å². The monoisotopic (exact) mass is 321 g/mol. The van der Waals surface area contributed by atoms with Crippen LogP contribution in [0.3, 0.4) is 0 Å². The minimum absolute atomic E-state index is 0.154. The van der Waals surface area contributed by atoms with Crippen LogP contribution in [0.25, 0.3) is 0 Å². The van der Waals surface area contributed by atoms with E-state index in [4.69, 9.17) is 19.7 Å². The number of carbonyl (C=O) groups is 1. The summed E-state index contributed by atoms with van der Waals surface area (Å²) in [4.78, 5) is 11.9. The number of aromatic nitrogens is 2. The number of amides is 1. The Morgan fingerprint density at radius 3 is 2.74 bits per heavy atom.